The lowest BCUT2D eigenvalue weighted by Crippen LogP contribution is -2.22. The normalized spacial score (nSPS) is 11.0. The molecule has 0 heterocycles. The van der Waals surface area contributed by atoms with Crippen molar-refractivity contribution in [3.63, 3.8) is 0 Å². The average Bonchev–Trinajstić information content (AvgIpc) is 2.28. The zero-order valence-electron chi connectivity index (χ0n) is 9.84. The van der Waals surface area contributed by atoms with Crippen LogP contribution < -0.4 is 16.2 Å². The van der Waals surface area contributed by atoms with Crippen molar-refractivity contribution in [3.05, 3.63) is 23.8 Å². The maximum Gasteiger partial charge on any atom is 0.340 e. The van der Waals surface area contributed by atoms with E-state index in [9.17, 15) is 13.2 Å². The van der Waals surface area contributed by atoms with Gasteiger partial charge in [-0.3, -0.25) is 0 Å². The Hall–Kier alpha value is -1.80. The molecule has 1 aromatic rings. The molecule has 0 atom stereocenters. The Labute approximate surface area is 105 Å². The molecule has 0 aromatic heterocycles. The molecule has 0 bridgehead atoms. The molecule has 18 heavy (non-hydrogen) atoms. The molecule has 1 rings (SSSR count). The molecule has 0 unspecified atom stereocenters. The fourth-order valence-electron chi connectivity index (χ4n) is 1.29. The molecule has 0 aliphatic carbocycles. The number of hydrogen-bond acceptors (Lipinski definition) is 6. The van der Waals surface area contributed by atoms with Crippen LogP contribution >= 0.6 is 0 Å². The summed E-state index contributed by atoms with van der Waals surface area (Å²) in [6, 6.07) is 4.65. The number of rotatable bonds is 5. The lowest BCUT2D eigenvalue weighted by molar-refractivity contribution is 0.0602. The van der Waals surface area contributed by atoms with Gasteiger partial charge in [-0.2, -0.15) is 0 Å². The largest absolute Gasteiger partial charge is 0.465 e. The van der Waals surface area contributed by atoms with E-state index >= 15 is 0 Å². The van der Waals surface area contributed by atoms with E-state index < -0.39 is 16.0 Å². The van der Waals surface area contributed by atoms with Gasteiger partial charge >= 0.3 is 5.97 Å². The molecule has 1 aromatic carbocycles. The summed E-state index contributed by atoms with van der Waals surface area (Å²) >= 11 is 0. The summed E-state index contributed by atoms with van der Waals surface area (Å²) in [5.41, 5.74) is 6.69. The number of hydrogen-bond donors (Lipinski definition) is 3. The first-order valence-corrected chi connectivity index (χ1v) is 6.77. The van der Waals surface area contributed by atoms with E-state index in [4.69, 9.17) is 10.9 Å². The molecule has 0 amide bonds. The van der Waals surface area contributed by atoms with Gasteiger partial charge in [0.05, 0.1) is 18.4 Å². The van der Waals surface area contributed by atoms with E-state index in [1.54, 1.807) is 6.07 Å². The molecular weight excluding hydrogens is 258 g/mol. The number of ether oxygens (including phenoxy) is 1. The Morgan fingerprint density at radius 3 is 2.67 bits per heavy atom. The summed E-state index contributed by atoms with van der Waals surface area (Å²) in [7, 11) is -2.26. The van der Waals surface area contributed by atoms with Gasteiger partial charge < -0.3 is 15.8 Å². The number of anilines is 2. The SMILES string of the molecule is COC(=O)c1cc(NCCS(N)(=O)=O)ccc1N. The highest BCUT2D eigenvalue weighted by Crippen LogP contribution is 2.18. The summed E-state index contributed by atoms with van der Waals surface area (Å²) in [6.07, 6.45) is 0. The van der Waals surface area contributed by atoms with Crippen molar-refractivity contribution in [2.45, 2.75) is 0 Å². The molecule has 7 nitrogen and oxygen atoms in total. The number of methoxy groups -OCH3 is 1. The molecule has 8 heteroatoms. The van der Waals surface area contributed by atoms with Gasteiger partial charge in [0.15, 0.2) is 0 Å². The van der Waals surface area contributed by atoms with Gasteiger partial charge in [-0.1, -0.05) is 0 Å². The quantitative estimate of drug-likeness (QED) is 0.502. The van der Waals surface area contributed by atoms with E-state index in [1.165, 1.54) is 19.2 Å². The predicted molar refractivity (Wildman–Crippen MR) is 68.7 cm³/mol. The number of carbonyl (C=O) groups excluding carboxylic acids is 1. The first kappa shape index (κ1) is 14.3. The minimum absolute atomic E-state index is 0.142. The van der Waals surface area contributed by atoms with E-state index in [0.29, 0.717) is 11.4 Å². The third-order valence-corrected chi connectivity index (χ3v) is 2.95. The predicted octanol–water partition coefficient (Wildman–Crippen LogP) is -0.244. The summed E-state index contributed by atoms with van der Waals surface area (Å²) in [5, 5.41) is 7.69. The van der Waals surface area contributed by atoms with Crippen LogP contribution in [-0.4, -0.2) is 33.8 Å². The summed E-state index contributed by atoms with van der Waals surface area (Å²) in [5.74, 6) is -0.757. The molecule has 0 spiro atoms. The maximum absolute atomic E-state index is 11.4. The lowest BCUT2D eigenvalue weighted by Gasteiger charge is -2.09. The molecule has 0 radical (unpaired) electrons. The van der Waals surface area contributed by atoms with Gasteiger partial charge in [-0.15, -0.1) is 0 Å². The average molecular weight is 273 g/mol. The van der Waals surface area contributed by atoms with Crippen molar-refractivity contribution in [3.8, 4) is 0 Å². The Kier molecular flexibility index (Phi) is 4.51. The van der Waals surface area contributed by atoms with E-state index in [1.807, 2.05) is 0 Å². The number of nitrogen functional groups attached to an aromatic ring is 1. The Bertz CT molecular complexity index is 542. The highest BCUT2D eigenvalue weighted by Gasteiger charge is 2.10. The minimum Gasteiger partial charge on any atom is -0.465 e. The van der Waals surface area contributed by atoms with E-state index in [2.05, 4.69) is 10.1 Å². The highest BCUT2D eigenvalue weighted by molar-refractivity contribution is 7.89. The summed E-state index contributed by atoms with van der Waals surface area (Å²) in [6.45, 7) is 0.142. The number of primary sulfonamides is 1. The number of sulfonamides is 1. The third kappa shape index (κ3) is 4.22. The number of nitrogens with one attached hydrogen (secondary N) is 1. The fraction of sp³-hybridized carbons (Fsp3) is 0.300. The second-order valence-corrected chi connectivity index (χ2v) is 5.32. The van der Waals surface area contributed by atoms with Crippen LogP contribution in [0, 0.1) is 0 Å². The third-order valence-electron chi connectivity index (χ3n) is 2.17. The van der Waals surface area contributed by atoms with Gasteiger partial charge in [0.1, 0.15) is 0 Å². The number of carbonyl (C=O) groups is 1. The van der Waals surface area contributed by atoms with Crippen molar-refractivity contribution < 1.29 is 17.9 Å². The van der Waals surface area contributed by atoms with Crippen LogP contribution in [-0.2, 0) is 14.8 Å². The van der Waals surface area contributed by atoms with Gasteiger partial charge in [0.2, 0.25) is 10.0 Å². The van der Waals surface area contributed by atoms with Crippen LogP contribution in [0.4, 0.5) is 11.4 Å². The molecular formula is C10H15N3O4S. The van der Waals surface area contributed by atoms with Crippen molar-refractivity contribution in [2.75, 3.05) is 30.5 Å². The van der Waals surface area contributed by atoms with Gasteiger partial charge in [0, 0.05) is 17.9 Å². The van der Waals surface area contributed by atoms with Gasteiger partial charge in [-0.05, 0) is 18.2 Å². The molecule has 5 N–H and O–H groups in total. The summed E-state index contributed by atoms with van der Waals surface area (Å²) < 4.78 is 26.0. The molecule has 0 fully saturated rings. The molecule has 0 saturated heterocycles. The first-order valence-electron chi connectivity index (χ1n) is 5.05. The van der Waals surface area contributed by atoms with Crippen LogP contribution in [0.3, 0.4) is 0 Å². The topological polar surface area (TPSA) is 125 Å². The smallest absolute Gasteiger partial charge is 0.340 e. The Morgan fingerprint density at radius 2 is 2.11 bits per heavy atom. The second kappa shape index (κ2) is 5.69. The van der Waals surface area contributed by atoms with Crippen LogP contribution in [0.25, 0.3) is 0 Å². The Morgan fingerprint density at radius 1 is 1.44 bits per heavy atom. The second-order valence-electron chi connectivity index (χ2n) is 3.59. The molecule has 0 aliphatic heterocycles. The minimum atomic E-state index is -3.51. The van der Waals surface area contributed by atoms with Crippen LogP contribution in [0.2, 0.25) is 0 Å². The van der Waals surface area contributed by atoms with Crippen molar-refractivity contribution >= 4 is 27.4 Å². The maximum atomic E-state index is 11.4. The molecule has 0 saturated carbocycles. The van der Waals surface area contributed by atoms with E-state index in [0.717, 1.165) is 0 Å². The van der Waals surface area contributed by atoms with Crippen LogP contribution in [0.5, 0.6) is 0 Å². The highest BCUT2D eigenvalue weighted by atomic mass is 32.2. The molecule has 0 aliphatic rings. The number of esters is 1. The number of nitrogens with two attached hydrogens (primary N) is 2. The summed E-state index contributed by atoms with van der Waals surface area (Å²) in [4.78, 5) is 11.4. The lowest BCUT2D eigenvalue weighted by atomic mass is 10.1. The fourth-order valence-corrected chi connectivity index (χ4v) is 1.68. The first-order chi connectivity index (χ1) is 8.33. The monoisotopic (exact) mass is 273 g/mol. The zero-order valence-corrected chi connectivity index (χ0v) is 10.7. The van der Waals surface area contributed by atoms with E-state index in [-0.39, 0.29) is 17.9 Å². The zero-order chi connectivity index (χ0) is 13.8. The molecule has 100 valence electrons. The van der Waals surface area contributed by atoms with Gasteiger partial charge in [-0.25, -0.2) is 18.4 Å². The Balaban J connectivity index is 2.76. The van der Waals surface area contributed by atoms with Crippen molar-refractivity contribution in [2.24, 2.45) is 5.14 Å². The van der Waals surface area contributed by atoms with Crippen LogP contribution in [0.1, 0.15) is 10.4 Å². The van der Waals surface area contributed by atoms with Gasteiger partial charge in [0.25, 0.3) is 0 Å². The standard InChI is InChI=1S/C10H15N3O4S/c1-17-10(14)8-6-7(2-3-9(8)11)13-4-5-18(12,15)16/h2-3,6,13H,4-5,11H2,1H3,(H2,12,15,16). The number of benzene rings is 1. The van der Waals surface area contributed by atoms with Crippen molar-refractivity contribution in [1.82, 2.24) is 0 Å². The van der Waals surface area contributed by atoms with Crippen LogP contribution in [0.15, 0.2) is 18.2 Å². The van der Waals surface area contributed by atoms with Crippen molar-refractivity contribution in [1.29, 1.82) is 0 Å².